The second-order valence-corrected chi connectivity index (χ2v) is 4.04. The van der Waals surface area contributed by atoms with E-state index in [0.29, 0.717) is 12.5 Å². The van der Waals surface area contributed by atoms with Crippen molar-refractivity contribution >= 4 is 5.97 Å². The van der Waals surface area contributed by atoms with Crippen LogP contribution in [0.1, 0.15) is 16.8 Å². The number of rotatable bonds is 3. The molecule has 1 aliphatic heterocycles. The molecule has 1 aromatic heterocycles. The molecule has 5 heteroatoms. The van der Waals surface area contributed by atoms with Crippen LogP contribution < -0.4 is 10.9 Å². The van der Waals surface area contributed by atoms with E-state index in [1.165, 1.54) is 10.6 Å². The van der Waals surface area contributed by atoms with Crippen LogP contribution in [0.5, 0.6) is 0 Å². The lowest BCUT2D eigenvalue weighted by Gasteiger charge is -2.11. The maximum atomic E-state index is 11.8. The molecular formula is C11H14N2O3. The Morgan fingerprint density at radius 1 is 1.62 bits per heavy atom. The predicted molar refractivity (Wildman–Crippen MR) is 58.6 cm³/mol. The quantitative estimate of drug-likeness (QED) is 0.764. The van der Waals surface area contributed by atoms with E-state index in [-0.39, 0.29) is 5.56 Å². The van der Waals surface area contributed by atoms with Gasteiger partial charge in [0.1, 0.15) is 5.56 Å². The molecule has 2 N–H and O–H groups in total. The van der Waals surface area contributed by atoms with Crippen LogP contribution in [0.3, 0.4) is 0 Å². The number of carboxylic acid groups (broad SMARTS) is 1. The molecular weight excluding hydrogens is 208 g/mol. The van der Waals surface area contributed by atoms with Crippen LogP contribution in [-0.4, -0.2) is 28.7 Å². The van der Waals surface area contributed by atoms with Gasteiger partial charge in [0.25, 0.3) is 5.56 Å². The molecule has 1 unspecified atom stereocenters. The third-order valence-electron chi connectivity index (χ3n) is 2.87. The van der Waals surface area contributed by atoms with Gasteiger partial charge >= 0.3 is 5.97 Å². The van der Waals surface area contributed by atoms with Crippen LogP contribution >= 0.6 is 0 Å². The van der Waals surface area contributed by atoms with Gasteiger partial charge in [-0.15, -0.1) is 0 Å². The predicted octanol–water partition coefficient (Wildman–Crippen LogP) is 0.156. The lowest BCUT2D eigenvalue weighted by molar-refractivity contribution is 0.0694. The number of hydrogen-bond acceptors (Lipinski definition) is 3. The lowest BCUT2D eigenvalue weighted by Crippen LogP contribution is -2.28. The van der Waals surface area contributed by atoms with Gasteiger partial charge in [-0.25, -0.2) is 4.79 Å². The molecule has 2 rings (SSSR count). The van der Waals surface area contributed by atoms with E-state index in [2.05, 4.69) is 5.32 Å². The first kappa shape index (κ1) is 10.9. The van der Waals surface area contributed by atoms with Crippen molar-refractivity contribution < 1.29 is 9.90 Å². The normalized spacial score (nSPS) is 19.9. The summed E-state index contributed by atoms with van der Waals surface area (Å²) in [6, 6.07) is 2.95. The van der Waals surface area contributed by atoms with Crippen molar-refractivity contribution in [2.75, 3.05) is 13.1 Å². The summed E-state index contributed by atoms with van der Waals surface area (Å²) in [5.74, 6) is -0.745. The fourth-order valence-corrected chi connectivity index (χ4v) is 1.99. The largest absolute Gasteiger partial charge is 0.477 e. The molecule has 2 heterocycles. The summed E-state index contributed by atoms with van der Waals surface area (Å²) in [6.45, 7) is 2.45. The average Bonchev–Trinajstić information content (AvgIpc) is 2.73. The highest BCUT2D eigenvalue weighted by Gasteiger charge is 2.17. The van der Waals surface area contributed by atoms with E-state index in [1.54, 1.807) is 12.3 Å². The first-order valence-electron chi connectivity index (χ1n) is 5.32. The van der Waals surface area contributed by atoms with Gasteiger partial charge in [-0.2, -0.15) is 0 Å². The molecule has 1 aromatic rings. The van der Waals surface area contributed by atoms with Crippen LogP contribution in [0.25, 0.3) is 0 Å². The molecule has 0 saturated carbocycles. The van der Waals surface area contributed by atoms with E-state index >= 15 is 0 Å². The standard InChI is InChI=1S/C11H14N2O3/c14-10-9(11(15)16)2-1-5-13(10)7-8-3-4-12-6-8/h1-2,5,8,12H,3-4,6-7H2,(H,15,16). The minimum atomic E-state index is -1.16. The average molecular weight is 222 g/mol. The maximum absolute atomic E-state index is 11.8. The Bertz CT molecular complexity index is 447. The molecule has 1 fully saturated rings. The molecule has 0 aliphatic carbocycles. The number of pyridine rings is 1. The molecule has 0 spiro atoms. The SMILES string of the molecule is O=C(O)c1cccn(CC2CCNC2)c1=O. The van der Waals surface area contributed by atoms with Crippen molar-refractivity contribution in [3.63, 3.8) is 0 Å². The smallest absolute Gasteiger partial charge is 0.341 e. The van der Waals surface area contributed by atoms with Gasteiger partial charge in [-0.1, -0.05) is 0 Å². The van der Waals surface area contributed by atoms with Crippen LogP contribution in [0.4, 0.5) is 0 Å². The Morgan fingerprint density at radius 3 is 3.06 bits per heavy atom. The van der Waals surface area contributed by atoms with Crippen LogP contribution in [0.2, 0.25) is 0 Å². The Morgan fingerprint density at radius 2 is 2.44 bits per heavy atom. The monoisotopic (exact) mass is 222 g/mol. The molecule has 1 aliphatic rings. The van der Waals surface area contributed by atoms with Gasteiger partial charge in [-0.05, 0) is 37.6 Å². The molecule has 16 heavy (non-hydrogen) atoms. The molecule has 0 amide bonds. The van der Waals surface area contributed by atoms with Gasteiger partial charge in [0, 0.05) is 12.7 Å². The van der Waals surface area contributed by atoms with E-state index in [4.69, 9.17) is 5.11 Å². The molecule has 1 atom stereocenters. The lowest BCUT2D eigenvalue weighted by atomic mass is 10.1. The van der Waals surface area contributed by atoms with Gasteiger partial charge in [0.15, 0.2) is 0 Å². The number of carboxylic acids is 1. The van der Waals surface area contributed by atoms with Crippen molar-refractivity contribution in [1.29, 1.82) is 0 Å². The van der Waals surface area contributed by atoms with Gasteiger partial charge in [-0.3, -0.25) is 4.79 Å². The molecule has 0 bridgehead atoms. The first-order chi connectivity index (χ1) is 7.68. The van der Waals surface area contributed by atoms with Gasteiger partial charge in [0.2, 0.25) is 0 Å². The number of nitrogens with one attached hydrogen (secondary N) is 1. The van der Waals surface area contributed by atoms with Crippen molar-refractivity contribution in [3.05, 3.63) is 34.2 Å². The second-order valence-electron chi connectivity index (χ2n) is 4.04. The zero-order chi connectivity index (χ0) is 11.5. The Balaban J connectivity index is 2.24. The first-order valence-corrected chi connectivity index (χ1v) is 5.32. The van der Waals surface area contributed by atoms with E-state index in [9.17, 15) is 9.59 Å². The Labute approximate surface area is 92.7 Å². The van der Waals surface area contributed by atoms with Gasteiger partial charge in [0.05, 0.1) is 0 Å². The highest BCUT2D eigenvalue weighted by atomic mass is 16.4. The van der Waals surface area contributed by atoms with E-state index in [1.807, 2.05) is 0 Å². The zero-order valence-corrected chi connectivity index (χ0v) is 8.85. The summed E-state index contributed by atoms with van der Waals surface area (Å²) >= 11 is 0. The Hall–Kier alpha value is -1.62. The summed E-state index contributed by atoms with van der Waals surface area (Å²) in [6.07, 6.45) is 2.68. The van der Waals surface area contributed by atoms with E-state index in [0.717, 1.165) is 19.5 Å². The summed E-state index contributed by atoms with van der Waals surface area (Å²) in [5, 5.41) is 12.0. The summed E-state index contributed by atoms with van der Waals surface area (Å²) in [5.41, 5.74) is -0.574. The third-order valence-corrected chi connectivity index (χ3v) is 2.87. The maximum Gasteiger partial charge on any atom is 0.341 e. The number of carbonyl (C=O) groups is 1. The van der Waals surface area contributed by atoms with Crippen molar-refractivity contribution in [1.82, 2.24) is 9.88 Å². The summed E-state index contributed by atoms with van der Waals surface area (Å²) in [7, 11) is 0. The number of nitrogens with zero attached hydrogens (tertiary/aromatic N) is 1. The topological polar surface area (TPSA) is 71.3 Å². The van der Waals surface area contributed by atoms with Crippen LogP contribution in [0, 0.1) is 5.92 Å². The Kier molecular flexibility index (Phi) is 3.05. The molecule has 86 valence electrons. The summed E-state index contributed by atoms with van der Waals surface area (Å²) < 4.78 is 1.49. The van der Waals surface area contributed by atoms with Crippen LogP contribution in [0.15, 0.2) is 23.1 Å². The van der Waals surface area contributed by atoms with Crippen LogP contribution in [-0.2, 0) is 6.54 Å². The summed E-state index contributed by atoms with van der Waals surface area (Å²) in [4.78, 5) is 22.5. The minimum absolute atomic E-state index is 0.159. The van der Waals surface area contributed by atoms with Crippen molar-refractivity contribution in [2.24, 2.45) is 5.92 Å². The van der Waals surface area contributed by atoms with Crippen molar-refractivity contribution in [3.8, 4) is 0 Å². The third kappa shape index (κ3) is 2.14. The molecule has 0 radical (unpaired) electrons. The highest BCUT2D eigenvalue weighted by molar-refractivity contribution is 5.86. The minimum Gasteiger partial charge on any atom is -0.477 e. The highest BCUT2D eigenvalue weighted by Crippen LogP contribution is 2.09. The number of aromatic carboxylic acids is 1. The molecule has 1 saturated heterocycles. The fraction of sp³-hybridized carbons (Fsp3) is 0.455. The second kappa shape index (κ2) is 4.49. The van der Waals surface area contributed by atoms with Gasteiger partial charge < -0.3 is 15.0 Å². The number of hydrogen-bond donors (Lipinski definition) is 2. The van der Waals surface area contributed by atoms with Crippen molar-refractivity contribution in [2.45, 2.75) is 13.0 Å². The van der Waals surface area contributed by atoms with E-state index < -0.39 is 11.5 Å². The molecule has 0 aromatic carbocycles. The fourth-order valence-electron chi connectivity index (χ4n) is 1.99. The molecule has 5 nitrogen and oxygen atoms in total. The zero-order valence-electron chi connectivity index (χ0n) is 8.85. The number of aromatic nitrogens is 1.